The van der Waals surface area contributed by atoms with Gasteiger partial charge in [0.15, 0.2) is 5.75 Å². The summed E-state index contributed by atoms with van der Waals surface area (Å²) in [6.07, 6.45) is 1.55. The van der Waals surface area contributed by atoms with E-state index in [9.17, 15) is 4.79 Å². The summed E-state index contributed by atoms with van der Waals surface area (Å²) in [5, 5.41) is 0.456. The molecule has 3 nitrogen and oxygen atoms in total. The van der Waals surface area contributed by atoms with Crippen LogP contribution in [0.25, 0.3) is 0 Å². The van der Waals surface area contributed by atoms with Gasteiger partial charge in [-0.3, -0.25) is 0 Å². The molecule has 1 aromatic carbocycles. The molecule has 94 valence electrons. The lowest BCUT2D eigenvalue weighted by atomic mass is 10.3. The van der Waals surface area contributed by atoms with Gasteiger partial charge in [0.05, 0.1) is 9.92 Å². The Balaban J connectivity index is 2.91. The molecule has 0 heterocycles. The Morgan fingerprint density at radius 2 is 2.06 bits per heavy atom. The molecular weight excluding hydrogens is 258 g/mol. The van der Waals surface area contributed by atoms with Crippen LogP contribution < -0.4 is 4.74 Å². The van der Waals surface area contributed by atoms with Crippen LogP contribution in [-0.4, -0.2) is 30.3 Å². The minimum Gasteiger partial charge on any atom is -0.407 e. The minimum absolute atomic E-state index is 0.363. The fourth-order valence-electron chi connectivity index (χ4n) is 1.38. The van der Waals surface area contributed by atoms with Crippen LogP contribution in [0.4, 0.5) is 4.79 Å². The summed E-state index contributed by atoms with van der Waals surface area (Å²) < 4.78 is 5.35. The average molecular weight is 274 g/mol. The van der Waals surface area contributed by atoms with Gasteiger partial charge in [-0.1, -0.05) is 17.7 Å². The molecule has 0 aliphatic heterocycles. The molecule has 0 unspecified atom stereocenters. The van der Waals surface area contributed by atoms with Crippen molar-refractivity contribution in [1.29, 1.82) is 0 Å². The Kier molecular flexibility index (Phi) is 5.65. The molecule has 0 saturated carbocycles. The van der Waals surface area contributed by atoms with Crippen molar-refractivity contribution in [3.63, 3.8) is 0 Å². The summed E-state index contributed by atoms with van der Waals surface area (Å²) in [5.41, 5.74) is 0. The van der Waals surface area contributed by atoms with Crippen LogP contribution >= 0.6 is 23.4 Å². The number of benzene rings is 1. The number of thioether (sulfide) groups is 1. The third-order valence-electron chi connectivity index (χ3n) is 2.36. The monoisotopic (exact) mass is 273 g/mol. The summed E-state index contributed by atoms with van der Waals surface area (Å²) in [6, 6.07) is 5.43. The predicted octanol–water partition coefficient (Wildman–Crippen LogP) is 3.90. The largest absolute Gasteiger partial charge is 0.415 e. The van der Waals surface area contributed by atoms with Gasteiger partial charge < -0.3 is 9.64 Å². The first-order valence-corrected chi connectivity index (χ1v) is 7.03. The highest BCUT2D eigenvalue weighted by molar-refractivity contribution is 7.98. The van der Waals surface area contributed by atoms with E-state index in [1.807, 2.05) is 32.2 Å². The van der Waals surface area contributed by atoms with Crippen LogP contribution in [0.15, 0.2) is 23.1 Å². The molecular formula is C12H16ClNO2S. The molecule has 1 amide bonds. The third kappa shape index (κ3) is 3.54. The molecule has 17 heavy (non-hydrogen) atoms. The number of nitrogens with zero attached hydrogens (tertiary/aromatic N) is 1. The van der Waals surface area contributed by atoms with Crippen LogP contribution in [0.3, 0.4) is 0 Å². The van der Waals surface area contributed by atoms with E-state index in [0.717, 1.165) is 4.90 Å². The van der Waals surface area contributed by atoms with Crippen molar-refractivity contribution < 1.29 is 9.53 Å². The summed E-state index contributed by atoms with van der Waals surface area (Å²) in [4.78, 5) is 14.3. The lowest BCUT2D eigenvalue weighted by Gasteiger charge is -2.19. The number of carbonyl (C=O) groups excluding carboxylic acids is 1. The maximum absolute atomic E-state index is 11.8. The van der Waals surface area contributed by atoms with Crippen molar-refractivity contribution in [3.05, 3.63) is 23.2 Å². The molecule has 0 spiro atoms. The zero-order valence-corrected chi connectivity index (χ0v) is 11.8. The van der Waals surface area contributed by atoms with Gasteiger partial charge >= 0.3 is 6.09 Å². The molecule has 0 aromatic heterocycles. The third-order valence-corrected chi connectivity index (χ3v) is 3.42. The first kappa shape index (κ1) is 14.2. The van der Waals surface area contributed by atoms with E-state index in [-0.39, 0.29) is 6.09 Å². The standard InChI is InChI=1S/C12H16ClNO2S/c1-4-14(5-2)12(15)16-11-9(13)7-6-8-10(11)17-3/h6-8H,4-5H2,1-3H3. The first-order valence-electron chi connectivity index (χ1n) is 5.43. The fourth-order valence-corrected chi connectivity index (χ4v) is 2.20. The Morgan fingerprint density at radius 1 is 1.41 bits per heavy atom. The van der Waals surface area contributed by atoms with Crippen molar-refractivity contribution in [2.24, 2.45) is 0 Å². The van der Waals surface area contributed by atoms with Crippen molar-refractivity contribution >= 4 is 29.5 Å². The van der Waals surface area contributed by atoms with Gasteiger partial charge in [0.25, 0.3) is 0 Å². The van der Waals surface area contributed by atoms with Gasteiger partial charge in [0.1, 0.15) is 0 Å². The Morgan fingerprint density at radius 3 is 2.59 bits per heavy atom. The zero-order chi connectivity index (χ0) is 12.8. The van der Waals surface area contributed by atoms with Gasteiger partial charge in [-0.15, -0.1) is 11.8 Å². The lowest BCUT2D eigenvalue weighted by molar-refractivity contribution is 0.156. The highest BCUT2D eigenvalue weighted by Crippen LogP contribution is 2.34. The number of para-hydroxylation sites is 1. The van der Waals surface area contributed by atoms with Crippen LogP contribution in [0, 0.1) is 0 Å². The molecule has 0 aliphatic carbocycles. The van der Waals surface area contributed by atoms with E-state index >= 15 is 0 Å². The van der Waals surface area contributed by atoms with Crippen LogP contribution in [-0.2, 0) is 0 Å². The Hall–Kier alpha value is -0.870. The average Bonchev–Trinajstić information content (AvgIpc) is 2.33. The number of hydrogen-bond donors (Lipinski definition) is 0. The van der Waals surface area contributed by atoms with Gasteiger partial charge in [-0.25, -0.2) is 4.79 Å². The topological polar surface area (TPSA) is 29.5 Å². The number of halogens is 1. The minimum atomic E-state index is -0.363. The maximum atomic E-state index is 11.8. The summed E-state index contributed by atoms with van der Waals surface area (Å²) in [5.74, 6) is 0.443. The molecule has 1 aromatic rings. The van der Waals surface area contributed by atoms with E-state index in [1.54, 1.807) is 11.0 Å². The first-order chi connectivity index (χ1) is 8.13. The Labute approximate surface area is 111 Å². The van der Waals surface area contributed by atoms with Crippen molar-refractivity contribution in [1.82, 2.24) is 4.90 Å². The van der Waals surface area contributed by atoms with Crippen molar-refractivity contribution in [3.8, 4) is 5.75 Å². The molecule has 0 bridgehead atoms. The van der Waals surface area contributed by atoms with Crippen LogP contribution in [0.2, 0.25) is 5.02 Å². The molecule has 0 N–H and O–H groups in total. The molecule has 0 aliphatic rings. The zero-order valence-electron chi connectivity index (χ0n) is 10.2. The molecule has 0 atom stereocenters. The van der Waals surface area contributed by atoms with Crippen LogP contribution in [0.1, 0.15) is 13.8 Å². The van der Waals surface area contributed by atoms with E-state index in [2.05, 4.69) is 0 Å². The van der Waals surface area contributed by atoms with Gasteiger partial charge in [-0.05, 0) is 32.2 Å². The summed E-state index contributed by atoms with van der Waals surface area (Å²) in [6.45, 7) is 5.06. The molecule has 0 radical (unpaired) electrons. The van der Waals surface area contributed by atoms with Gasteiger partial charge in [0, 0.05) is 13.1 Å². The SMILES string of the molecule is CCN(CC)C(=O)Oc1c(Cl)cccc1SC. The van der Waals surface area contributed by atoms with E-state index < -0.39 is 0 Å². The quantitative estimate of drug-likeness (QED) is 0.779. The number of rotatable bonds is 4. The number of amides is 1. The number of carbonyl (C=O) groups is 1. The highest BCUT2D eigenvalue weighted by atomic mass is 35.5. The second-order valence-corrected chi connectivity index (χ2v) is 4.57. The summed E-state index contributed by atoms with van der Waals surface area (Å²) in [7, 11) is 0. The molecule has 1 rings (SSSR count). The number of ether oxygens (including phenoxy) is 1. The predicted molar refractivity (Wildman–Crippen MR) is 72.2 cm³/mol. The highest BCUT2D eigenvalue weighted by Gasteiger charge is 2.16. The second-order valence-electron chi connectivity index (χ2n) is 3.31. The van der Waals surface area contributed by atoms with E-state index in [4.69, 9.17) is 16.3 Å². The fraction of sp³-hybridized carbons (Fsp3) is 0.417. The molecule has 0 saturated heterocycles. The Bertz CT molecular complexity index is 394. The van der Waals surface area contributed by atoms with Crippen LogP contribution in [0.5, 0.6) is 5.75 Å². The smallest absolute Gasteiger partial charge is 0.407 e. The van der Waals surface area contributed by atoms with Gasteiger partial charge in [-0.2, -0.15) is 0 Å². The van der Waals surface area contributed by atoms with Crippen molar-refractivity contribution in [2.75, 3.05) is 19.3 Å². The second kappa shape index (κ2) is 6.77. The van der Waals surface area contributed by atoms with Gasteiger partial charge in [0.2, 0.25) is 0 Å². The summed E-state index contributed by atoms with van der Waals surface area (Å²) >= 11 is 7.53. The lowest BCUT2D eigenvalue weighted by Crippen LogP contribution is -2.33. The molecule has 0 fully saturated rings. The molecule has 5 heteroatoms. The van der Waals surface area contributed by atoms with Crippen molar-refractivity contribution in [2.45, 2.75) is 18.7 Å². The van der Waals surface area contributed by atoms with E-state index in [0.29, 0.717) is 23.9 Å². The number of hydrogen-bond acceptors (Lipinski definition) is 3. The maximum Gasteiger partial charge on any atom is 0.415 e. The normalized spacial score (nSPS) is 10.1. The van der Waals surface area contributed by atoms with E-state index in [1.165, 1.54) is 11.8 Å².